The molecule has 10 heavy (non-hydrogen) atoms. The molecule has 0 aliphatic rings. The van der Waals surface area contributed by atoms with Gasteiger partial charge in [0.05, 0.1) is 0 Å². The maximum Gasteiger partial charge on any atom is 0.416 e. The summed E-state index contributed by atoms with van der Waals surface area (Å²) in [6.07, 6.45) is -4.62. The number of halogens is 4. The van der Waals surface area contributed by atoms with E-state index >= 15 is 0 Å². The Labute approximate surface area is 58.2 Å². The molecule has 0 N–H and O–H groups in total. The van der Waals surface area contributed by atoms with E-state index < -0.39 is 12.9 Å². The van der Waals surface area contributed by atoms with Crippen molar-refractivity contribution in [3.05, 3.63) is 0 Å². The van der Waals surface area contributed by atoms with Crippen molar-refractivity contribution in [2.24, 2.45) is 5.92 Å². The molecule has 0 bridgehead atoms. The van der Waals surface area contributed by atoms with Crippen molar-refractivity contribution in [2.45, 2.75) is 26.9 Å². The van der Waals surface area contributed by atoms with E-state index in [4.69, 9.17) is 0 Å². The molecule has 0 spiro atoms. The Kier molecular flexibility index (Phi) is 6.82. The summed E-state index contributed by atoms with van der Waals surface area (Å²) >= 11 is 0. The predicted molar refractivity (Wildman–Crippen MR) is 32.5 cm³/mol. The number of hydrogen-bond acceptors (Lipinski definition) is 0. The summed E-state index contributed by atoms with van der Waals surface area (Å²) in [5.41, 5.74) is 0. The number of alkyl halides is 4. The van der Waals surface area contributed by atoms with Crippen molar-refractivity contribution in [1.29, 1.82) is 0 Å². The van der Waals surface area contributed by atoms with Crippen molar-refractivity contribution in [3.8, 4) is 0 Å². The van der Waals surface area contributed by atoms with Gasteiger partial charge in [-0.05, 0) is 5.92 Å². The van der Waals surface area contributed by atoms with Gasteiger partial charge in [0.15, 0.2) is 6.67 Å². The minimum atomic E-state index is -4.62. The lowest BCUT2D eigenvalue weighted by Crippen LogP contribution is -2.08. The summed E-state index contributed by atoms with van der Waals surface area (Å²) in [6.45, 7) is 4.27. The first-order valence-electron chi connectivity index (χ1n) is 2.92. The molecule has 0 atom stereocenters. The van der Waals surface area contributed by atoms with Gasteiger partial charge in [-0.25, -0.2) is 4.39 Å². The average Bonchev–Trinajstić information content (AvgIpc) is 1.63. The van der Waals surface area contributed by atoms with E-state index in [0.29, 0.717) is 0 Å². The van der Waals surface area contributed by atoms with E-state index in [-0.39, 0.29) is 0 Å². The highest BCUT2D eigenvalue weighted by molar-refractivity contribution is 4.39. The third kappa shape index (κ3) is 47.1. The standard InChI is InChI=1S/C4H10.C2H2F4/c1-4(2)3;3-1-2(4,5)6/h4H,1-3H3;1H2. The zero-order valence-corrected chi connectivity index (χ0v) is 6.30. The van der Waals surface area contributed by atoms with Crippen molar-refractivity contribution in [3.63, 3.8) is 0 Å². The molecule has 4 heteroatoms. The smallest absolute Gasteiger partial charge is 0.241 e. The van der Waals surface area contributed by atoms with E-state index in [0.717, 1.165) is 5.92 Å². The van der Waals surface area contributed by atoms with E-state index in [9.17, 15) is 17.6 Å². The van der Waals surface area contributed by atoms with Gasteiger partial charge >= 0.3 is 6.18 Å². The van der Waals surface area contributed by atoms with Crippen LogP contribution in [0.1, 0.15) is 20.8 Å². The maximum atomic E-state index is 10.4. The lowest BCUT2D eigenvalue weighted by Gasteiger charge is -1.93. The van der Waals surface area contributed by atoms with Crippen LogP contribution in [-0.2, 0) is 0 Å². The third-order valence-corrected chi connectivity index (χ3v) is 0.152. The molecule has 0 fully saturated rings. The number of rotatable bonds is 0. The summed E-state index contributed by atoms with van der Waals surface area (Å²) in [6, 6.07) is 0. The topological polar surface area (TPSA) is 0 Å². The fourth-order valence-electron chi connectivity index (χ4n) is 0. The highest BCUT2D eigenvalue weighted by atomic mass is 19.4. The Morgan fingerprint density at radius 3 is 1.20 bits per heavy atom. The monoisotopic (exact) mass is 160 g/mol. The van der Waals surface area contributed by atoms with Crippen LogP contribution in [0.3, 0.4) is 0 Å². The van der Waals surface area contributed by atoms with Crippen LogP contribution in [0.5, 0.6) is 0 Å². The number of hydrogen-bond donors (Lipinski definition) is 0. The summed E-state index contributed by atoms with van der Waals surface area (Å²) in [5.74, 6) is 0.833. The van der Waals surface area contributed by atoms with Gasteiger partial charge in [-0.3, -0.25) is 0 Å². The molecule has 0 aliphatic carbocycles. The van der Waals surface area contributed by atoms with Gasteiger partial charge in [-0.15, -0.1) is 0 Å². The third-order valence-electron chi connectivity index (χ3n) is 0.152. The molecule has 0 aromatic carbocycles. The van der Waals surface area contributed by atoms with Crippen LogP contribution in [0.4, 0.5) is 17.6 Å². The molecule has 0 heterocycles. The summed E-state index contributed by atoms with van der Waals surface area (Å²) < 4.78 is 41.6. The Balaban J connectivity index is 0. The van der Waals surface area contributed by atoms with Gasteiger partial charge in [-0.2, -0.15) is 13.2 Å². The fourth-order valence-corrected chi connectivity index (χ4v) is 0. The predicted octanol–water partition coefficient (Wildman–Crippen LogP) is 3.18. The highest BCUT2D eigenvalue weighted by Gasteiger charge is 2.26. The van der Waals surface area contributed by atoms with E-state index in [1.165, 1.54) is 0 Å². The van der Waals surface area contributed by atoms with Crippen LogP contribution in [0.25, 0.3) is 0 Å². The molecule has 0 saturated heterocycles. The molecule has 0 nitrogen and oxygen atoms in total. The Bertz CT molecular complexity index is 61.9. The van der Waals surface area contributed by atoms with E-state index in [2.05, 4.69) is 20.8 Å². The Morgan fingerprint density at radius 1 is 1.10 bits per heavy atom. The van der Waals surface area contributed by atoms with Crippen LogP contribution in [-0.4, -0.2) is 12.9 Å². The van der Waals surface area contributed by atoms with E-state index in [1.54, 1.807) is 0 Å². The van der Waals surface area contributed by atoms with Crippen molar-refractivity contribution >= 4 is 0 Å². The summed E-state index contributed by atoms with van der Waals surface area (Å²) in [5, 5.41) is 0. The molecule has 0 radical (unpaired) electrons. The van der Waals surface area contributed by atoms with Gasteiger partial charge in [0.2, 0.25) is 0 Å². The van der Waals surface area contributed by atoms with Crippen LogP contribution in [0, 0.1) is 5.92 Å². The Hall–Kier alpha value is -0.280. The zero-order valence-electron chi connectivity index (χ0n) is 6.30. The molecule has 0 aliphatic heterocycles. The van der Waals surface area contributed by atoms with Gasteiger partial charge in [0, 0.05) is 0 Å². The largest absolute Gasteiger partial charge is 0.416 e. The molecule has 0 saturated carbocycles. The molecular formula is C6H12F4. The van der Waals surface area contributed by atoms with Gasteiger partial charge in [0.1, 0.15) is 0 Å². The molecule has 0 aromatic rings. The van der Waals surface area contributed by atoms with Gasteiger partial charge in [0.25, 0.3) is 0 Å². The van der Waals surface area contributed by atoms with Gasteiger partial charge < -0.3 is 0 Å². The molecule has 0 aromatic heterocycles. The van der Waals surface area contributed by atoms with Gasteiger partial charge in [-0.1, -0.05) is 20.8 Å². The van der Waals surface area contributed by atoms with Crippen LogP contribution in [0.15, 0.2) is 0 Å². The first-order valence-corrected chi connectivity index (χ1v) is 2.92. The van der Waals surface area contributed by atoms with Crippen molar-refractivity contribution < 1.29 is 17.6 Å². The Morgan fingerprint density at radius 2 is 1.20 bits per heavy atom. The molecule has 0 amide bonds. The maximum absolute atomic E-state index is 10.4. The zero-order chi connectivity index (χ0) is 8.78. The first-order chi connectivity index (χ1) is 4.29. The second-order valence-corrected chi connectivity index (χ2v) is 2.48. The molecular weight excluding hydrogens is 148 g/mol. The summed E-state index contributed by atoms with van der Waals surface area (Å²) in [7, 11) is 0. The van der Waals surface area contributed by atoms with Crippen molar-refractivity contribution in [1.82, 2.24) is 0 Å². The fraction of sp³-hybridized carbons (Fsp3) is 1.00. The molecule has 0 unspecified atom stereocenters. The SMILES string of the molecule is CC(C)C.FCC(F)(F)F. The second kappa shape index (κ2) is 5.50. The lowest BCUT2D eigenvalue weighted by molar-refractivity contribution is -0.142. The summed E-state index contributed by atoms with van der Waals surface area (Å²) in [4.78, 5) is 0. The molecule has 0 rings (SSSR count). The second-order valence-electron chi connectivity index (χ2n) is 2.48. The molecule has 64 valence electrons. The average molecular weight is 160 g/mol. The highest BCUT2D eigenvalue weighted by Crippen LogP contribution is 2.13. The van der Waals surface area contributed by atoms with E-state index in [1.807, 2.05) is 0 Å². The minimum Gasteiger partial charge on any atom is -0.241 e. The lowest BCUT2D eigenvalue weighted by atomic mass is 10.3. The normalized spacial score (nSPS) is 10.8. The van der Waals surface area contributed by atoms with Crippen LogP contribution < -0.4 is 0 Å². The van der Waals surface area contributed by atoms with Crippen molar-refractivity contribution in [2.75, 3.05) is 6.67 Å². The quantitative estimate of drug-likeness (QED) is 0.477. The minimum absolute atomic E-state index is 0.833. The first kappa shape index (κ1) is 12.4. The van der Waals surface area contributed by atoms with Crippen LogP contribution >= 0.6 is 0 Å². The van der Waals surface area contributed by atoms with Crippen LogP contribution in [0.2, 0.25) is 0 Å².